The van der Waals surface area contributed by atoms with Crippen molar-refractivity contribution in [2.75, 3.05) is 26.8 Å². The van der Waals surface area contributed by atoms with Crippen LogP contribution in [0.25, 0.3) is 0 Å². The van der Waals surface area contributed by atoms with Crippen molar-refractivity contribution in [3.63, 3.8) is 0 Å². The number of methoxy groups -OCH3 is 1. The van der Waals surface area contributed by atoms with E-state index in [2.05, 4.69) is 5.32 Å². The molecule has 8 nitrogen and oxygen atoms in total. The molecule has 2 unspecified atom stereocenters. The SMILES string of the molecule is CCC(C)NC(=O)C1COC2(CCN(C(=O)c3ccc(OC)cc3)CC2)N1C(=O)c1ccc(F)cc1. The quantitative estimate of drug-likeness (QED) is 0.662. The summed E-state index contributed by atoms with van der Waals surface area (Å²) < 4.78 is 24.9. The van der Waals surface area contributed by atoms with E-state index in [0.29, 0.717) is 37.2 Å². The molecule has 2 saturated heterocycles. The molecule has 2 aromatic rings. The van der Waals surface area contributed by atoms with Gasteiger partial charge < -0.3 is 19.7 Å². The minimum absolute atomic E-state index is 0.0548. The number of amides is 3. The Labute approximate surface area is 210 Å². The van der Waals surface area contributed by atoms with Crippen LogP contribution in [0.1, 0.15) is 53.8 Å². The molecule has 2 aromatic carbocycles. The molecule has 0 aromatic heterocycles. The second kappa shape index (κ2) is 10.7. The van der Waals surface area contributed by atoms with Crippen molar-refractivity contribution in [1.82, 2.24) is 15.1 Å². The fourth-order valence-corrected chi connectivity index (χ4v) is 4.71. The Morgan fingerprint density at radius 2 is 1.64 bits per heavy atom. The molecule has 2 heterocycles. The van der Waals surface area contributed by atoms with Gasteiger partial charge in [-0.15, -0.1) is 0 Å². The molecule has 0 bridgehead atoms. The van der Waals surface area contributed by atoms with Crippen molar-refractivity contribution in [1.29, 1.82) is 0 Å². The first kappa shape index (κ1) is 25.6. The Bertz CT molecular complexity index is 1100. The second-order valence-electron chi connectivity index (χ2n) is 9.29. The lowest BCUT2D eigenvalue weighted by molar-refractivity contribution is -0.128. The zero-order chi connectivity index (χ0) is 25.9. The summed E-state index contributed by atoms with van der Waals surface area (Å²) in [5.41, 5.74) is -0.205. The number of carbonyl (C=O) groups excluding carboxylic acids is 3. The molecule has 192 valence electrons. The molecular formula is C27H32FN3O5. The molecule has 0 aliphatic carbocycles. The minimum atomic E-state index is -1.03. The summed E-state index contributed by atoms with van der Waals surface area (Å²) in [4.78, 5) is 43.1. The van der Waals surface area contributed by atoms with E-state index >= 15 is 0 Å². The van der Waals surface area contributed by atoms with E-state index in [1.165, 1.54) is 29.2 Å². The van der Waals surface area contributed by atoms with Crippen molar-refractivity contribution < 1.29 is 28.2 Å². The average Bonchev–Trinajstić information content (AvgIpc) is 3.27. The van der Waals surface area contributed by atoms with Gasteiger partial charge >= 0.3 is 0 Å². The molecule has 1 N–H and O–H groups in total. The summed E-state index contributed by atoms with van der Waals surface area (Å²) in [5.74, 6) is -0.580. The van der Waals surface area contributed by atoms with Crippen molar-refractivity contribution in [2.45, 2.75) is 50.9 Å². The third kappa shape index (κ3) is 5.06. The standard InChI is InChI=1S/C27H32FN3O5/c1-4-18(2)29-24(32)23-17-36-27(31(23)26(34)20-5-9-21(28)10-6-20)13-15-30(16-14-27)25(33)19-7-11-22(35-3)12-8-19/h5-12,18,23H,4,13-17H2,1-3H3,(H,29,32). The number of nitrogens with zero attached hydrogens (tertiary/aromatic N) is 2. The summed E-state index contributed by atoms with van der Waals surface area (Å²) >= 11 is 0. The van der Waals surface area contributed by atoms with Gasteiger partial charge in [0.25, 0.3) is 11.8 Å². The summed E-state index contributed by atoms with van der Waals surface area (Å²) in [7, 11) is 1.57. The van der Waals surface area contributed by atoms with E-state index in [1.54, 1.807) is 36.3 Å². The van der Waals surface area contributed by atoms with Crippen molar-refractivity contribution in [3.05, 3.63) is 65.5 Å². The van der Waals surface area contributed by atoms with Crippen LogP contribution < -0.4 is 10.1 Å². The van der Waals surface area contributed by atoms with Crippen LogP contribution in [0.4, 0.5) is 4.39 Å². The van der Waals surface area contributed by atoms with Crippen molar-refractivity contribution in [2.24, 2.45) is 0 Å². The number of hydrogen-bond donors (Lipinski definition) is 1. The first-order valence-corrected chi connectivity index (χ1v) is 12.2. The van der Waals surface area contributed by atoms with E-state index < -0.39 is 23.5 Å². The maximum absolute atomic E-state index is 13.7. The number of halogens is 1. The van der Waals surface area contributed by atoms with Gasteiger partial charge in [-0.1, -0.05) is 6.92 Å². The molecule has 2 atom stereocenters. The fraction of sp³-hybridized carbons (Fsp3) is 0.444. The maximum atomic E-state index is 13.7. The number of ether oxygens (including phenoxy) is 2. The lowest BCUT2D eigenvalue weighted by Gasteiger charge is -2.44. The Hall–Kier alpha value is -3.46. The Morgan fingerprint density at radius 3 is 2.22 bits per heavy atom. The van der Waals surface area contributed by atoms with Gasteiger partial charge in [-0.25, -0.2) is 4.39 Å². The van der Waals surface area contributed by atoms with E-state index in [-0.39, 0.29) is 30.0 Å². The molecule has 9 heteroatoms. The van der Waals surface area contributed by atoms with Gasteiger partial charge in [0.15, 0.2) is 0 Å². The first-order chi connectivity index (χ1) is 17.3. The number of rotatable bonds is 6. The number of benzene rings is 2. The van der Waals surface area contributed by atoms with Crippen molar-refractivity contribution in [3.8, 4) is 5.75 Å². The molecule has 1 spiro atoms. The summed E-state index contributed by atoms with van der Waals surface area (Å²) in [6, 6.07) is 11.3. The van der Waals surface area contributed by atoms with Gasteiger partial charge in [0, 0.05) is 43.1 Å². The van der Waals surface area contributed by atoms with E-state index in [4.69, 9.17) is 9.47 Å². The van der Waals surface area contributed by atoms with E-state index in [1.807, 2.05) is 13.8 Å². The number of piperidine rings is 1. The summed E-state index contributed by atoms with van der Waals surface area (Å²) in [5, 5.41) is 2.95. The molecule has 0 radical (unpaired) electrons. The predicted octanol–water partition coefficient (Wildman–Crippen LogP) is 3.22. The number of nitrogens with one attached hydrogen (secondary N) is 1. The van der Waals surface area contributed by atoms with E-state index in [9.17, 15) is 18.8 Å². The maximum Gasteiger partial charge on any atom is 0.256 e. The topological polar surface area (TPSA) is 88.2 Å². The summed E-state index contributed by atoms with van der Waals surface area (Å²) in [6.45, 7) is 4.64. The number of carbonyl (C=O) groups is 3. The molecule has 2 fully saturated rings. The summed E-state index contributed by atoms with van der Waals surface area (Å²) in [6.07, 6.45) is 1.46. The van der Waals surface area contributed by atoms with Crippen LogP contribution in [0.5, 0.6) is 5.75 Å². The molecule has 0 saturated carbocycles. The lowest BCUT2D eigenvalue weighted by atomic mass is 9.96. The highest BCUT2D eigenvalue weighted by Crippen LogP contribution is 2.39. The van der Waals surface area contributed by atoms with Crippen LogP contribution >= 0.6 is 0 Å². The van der Waals surface area contributed by atoms with Gasteiger partial charge in [0.05, 0.1) is 13.7 Å². The minimum Gasteiger partial charge on any atom is -0.497 e. The zero-order valence-corrected chi connectivity index (χ0v) is 20.8. The molecule has 36 heavy (non-hydrogen) atoms. The van der Waals surface area contributed by atoms with Gasteiger partial charge in [-0.2, -0.15) is 0 Å². The Kier molecular flexibility index (Phi) is 7.59. The molecule has 2 aliphatic heterocycles. The highest BCUT2D eigenvalue weighted by atomic mass is 19.1. The van der Waals surface area contributed by atoms with Crippen LogP contribution in [0, 0.1) is 5.82 Å². The number of hydrogen-bond acceptors (Lipinski definition) is 5. The molecular weight excluding hydrogens is 465 g/mol. The lowest BCUT2D eigenvalue weighted by Crippen LogP contribution is -2.60. The third-order valence-corrected chi connectivity index (χ3v) is 7.04. The van der Waals surface area contributed by atoms with Gasteiger partial charge in [-0.05, 0) is 61.9 Å². The monoisotopic (exact) mass is 497 g/mol. The zero-order valence-electron chi connectivity index (χ0n) is 20.8. The largest absolute Gasteiger partial charge is 0.497 e. The highest BCUT2D eigenvalue weighted by Gasteiger charge is 2.54. The Morgan fingerprint density at radius 1 is 1.06 bits per heavy atom. The van der Waals surface area contributed by atoms with Crippen LogP contribution in [-0.2, 0) is 9.53 Å². The highest BCUT2D eigenvalue weighted by molar-refractivity contribution is 5.98. The van der Waals surface area contributed by atoms with Crippen LogP contribution in [-0.4, -0.2) is 72.1 Å². The van der Waals surface area contributed by atoms with Gasteiger partial charge in [0.1, 0.15) is 23.3 Å². The van der Waals surface area contributed by atoms with Crippen LogP contribution in [0.15, 0.2) is 48.5 Å². The van der Waals surface area contributed by atoms with Gasteiger partial charge in [-0.3, -0.25) is 19.3 Å². The van der Waals surface area contributed by atoms with Crippen LogP contribution in [0.2, 0.25) is 0 Å². The smallest absolute Gasteiger partial charge is 0.256 e. The normalized spacial score (nSPS) is 19.7. The molecule has 3 amide bonds. The predicted molar refractivity (Wildman–Crippen MR) is 131 cm³/mol. The fourth-order valence-electron chi connectivity index (χ4n) is 4.71. The third-order valence-electron chi connectivity index (χ3n) is 7.04. The molecule has 2 aliphatic rings. The second-order valence-corrected chi connectivity index (χ2v) is 9.29. The van der Waals surface area contributed by atoms with E-state index in [0.717, 1.165) is 6.42 Å². The van der Waals surface area contributed by atoms with Crippen molar-refractivity contribution >= 4 is 17.7 Å². The Balaban J connectivity index is 1.55. The van der Waals surface area contributed by atoms with Gasteiger partial charge in [0.2, 0.25) is 5.91 Å². The van der Waals surface area contributed by atoms with Crippen LogP contribution in [0.3, 0.4) is 0 Å². The number of likely N-dealkylation sites (tertiary alicyclic amines) is 1. The molecule has 4 rings (SSSR count). The average molecular weight is 498 g/mol. The first-order valence-electron chi connectivity index (χ1n) is 12.2.